The van der Waals surface area contributed by atoms with Crippen LogP contribution >= 0.6 is 0 Å². The van der Waals surface area contributed by atoms with Crippen LogP contribution in [0, 0.1) is 5.92 Å². The van der Waals surface area contributed by atoms with Gasteiger partial charge in [-0.05, 0) is 18.1 Å². The molecule has 0 spiro atoms. The minimum absolute atomic E-state index is 0.383. The number of alkyl halides is 3. The molecule has 1 unspecified atom stereocenters. The first kappa shape index (κ1) is 11.8. The van der Waals surface area contributed by atoms with Gasteiger partial charge in [-0.15, -0.1) is 0 Å². The molecule has 1 aromatic rings. The third-order valence-corrected chi connectivity index (χ3v) is 2.00. The molecule has 5 heteroatoms. The molecule has 0 aliphatic rings. The number of halogens is 3. The molecule has 0 fully saturated rings. The van der Waals surface area contributed by atoms with Crippen LogP contribution < -0.4 is 5.32 Å². The molecule has 0 radical (unpaired) electrons. The molecule has 0 aliphatic heterocycles. The Bertz CT molecular complexity index is 295. The SMILES string of the molecule is CC(C)C(Nc1cccnc1)C(F)(F)F. The van der Waals surface area contributed by atoms with E-state index >= 15 is 0 Å². The summed E-state index contributed by atoms with van der Waals surface area (Å²) >= 11 is 0. The summed E-state index contributed by atoms with van der Waals surface area (Å²) in [6.45, 7) is 3.06. The van der Waals surface area contributed by atoms with Crippen molar-refractivity contribution in [3.63, 3.8) is 0 Å². The molecule has 1 heterocycles. The maximum absolute atomic E-state index is 12.6. The summed E-state index contributed by atoms with van der Waals surface area (Å²) in [7, 11) is 0. The standard InChI is InChI=1S/C10H13F3N2/c1-7(2)9(10(11,12)13)15-8-4-3-5-14-6-8/h3-7,9,15H,1-2H3. The molecule has 1 atom stereocenters. The van der Waals surface area contributed by atoms with Crippen molar-refractivity contribution in [2.24, 2.45) is 5.92 Å². The van der Waals surface area contributed by atoms with Gasteiger partial charge in [-0.1, -0.05) is 13.8 Å². The summed E-state index contributed by atoms with van der Waals surface area (Å²) in [5, 5.41) is 2.43. The molecule has 0 aliphatic carbocycles. The monoisotopic (exact) mass is 218 g/mol. The lowest BCUT2D eigenvalue weighted by Gasteiger charge is -2.25. The largest absolute Gasteiger partial charge is 0.408 e. The zero-order valence-corrected chi connectivity index (χ0v) is 8.55. The number of nitrogens with zero attached hydrogens (tertiary/aromatic N) is 1. The van der Waals surface area contributed by atoms with Crippen LogP contribution in [0.2, 0.25) is 0 Å². The van der Waals surface area contributed by atoms with Crippen molar-refractivity contribution in [1.82, 2.24) is 4.98 Å². The second-order valence-corrected chi connectivity index (χ2v) is 3.65. The molecule has 15 heavy (non-hydrogen) atoms. The van der Waals surface area contributed by atoms with Gasteiger partial charge in [-0.25, -0.2) is 0 Å². The maximum Gasteiger partial charge on any atom is 0.408 e. The van der Waals surface area contributed by atoms with E-state index in [0.29, 0.717) is 5.69 Å². The Morgan fingerprint density at radius 3 is 2.40 bits per heavy atom. The maximum atomic E-state index is 12.6. The summed E-state index contributed by atoms with van der Waals surface area (Å²) in [5.74, 6) is -0.523. The lowest BCUT2D eigenvalue weighted by Crippen LogP contribution is -2.40. The average molecular weight is 218 g/mol. The van der Waals surface area contributed by atoms with Crippen molar-refractivity contribution in [2.45, 2.75) is 26.1 Å². The fourth-order valence-electron chi connectivity index (χ4n) is 1.25. The molecular weight excluding hydrogens is 205 g/mol. The van der Waals surface area contributed by atoms with Crippen LogP contribution in [-0.4, -0.2) is 17.2 Å². The normalized spacial score (nSPS) is 14.0. The smallest absolute Gasteiger partial charge is 0.373 e. The van der Waals surface area contributed by atoms with Gasteiger partial charge >= 0.3 is 6.18 Å². The van der Waals surface area contributed by atoms with Crippen molar-refractivity contribution in [1.29, 1.82) is 0 Å². The Balaban J connectivity index is 2.77. The van der Waals surface area contributed by atoms with Crippen molar-refractivity contribution in [2.75, 3.05) is 5.32 Å². The van der Waals surface area contributed by atoms with Gasteiger partial charge in [0, 0.05) is 12.4 Å². The van der Waals surface area contributed by atoms with Crippen LogP contribution in [0.4, 0.5) is 18.9 Å². The first-order valence-electron chi connectivity index (χ1n) is 4.64. The number of rotatable bonds is 3. The van der Waals surface area contributed by atoms with Gasteiger partial charge in [0.2, 0.25) is 0 Å². The highest BCUT2D eigenvalue weighted by Crippen LogP contribution is 2.28. The van der Waals surface area contributed by atoms with Crippen LogP contribution in [0.5, 0.6) is 0 Å². The van der Waals surface area contributed by atoms with Crippen molar-refractivity contribution in [3.05, 3.63) is 24.5 Å². The van der Waals surface area contributed by atoms with E-state index < -0.39 is 18.1 Å². The summed E-state index contributed by atoms with van der Waals surface area (Å²) in [6, 6.07) is 1.62. The topological polar surface area (TPSA) is 24.9 Å². The number of hydrogen-bond acceptors (Lipinski definition) is 2. The molecule has 84 valence electrons. The van der Waals surface area contributed by atoms with Gasteiger partial charge in [-0.2, -0.15) is 13.2 Å². The molecule has 0 aromatic carbocycles. The highest BCUT2D eigenvalue weighted by molar-refractivity contribution is 5.41. The third-order valence-electron chi connectivity index (χ3n) is 2.00. The summed E-state index contributed by atoms with van der Waals surface area (Å²) in [4.78, 5) is 3.75. The highest BCUT2D eigenvalue weighted by Gasteiger charge is 2.41. The highest BCUT2D eigenvalue weighted by atomic mass is 19.4. The van der Waals surface area contributed by atoms with Crippen molar-refractivity contribution in [3.8, 4) is 0 Å². The second kappa shape index (κ2) is 4.51. The Morgan fingerprint density at radius 2 is 2.00 bits per heavy atom. The fourth-order valence-corrected chi connectivity index (χ4v) is 1.25. The van der Waals surface area contributed by atoms with E-state index in [0.717, 1.165) is 0 Å². The molecule has 1 rings (SSSR count). The van der Waals surface area contributed by atoms with E-state index in [1.807, 2.05) is 0 Å². The molecule has 0 bridgehead atoms. The summed E-state index contributed by atoms with van der Waals surface area (Å²) in [5.41, 5.74) is 0.383. The molecular formula is C10H13F3N2. The fraction of sp³-hybridized carbons (Fsp3) is 0.500. The lowest BCUT2D eigenvalue weighted by molar-refractivity contribution is -0.150. The predicted octanol–water partition coefficient (Wildman–Crippen LogP) is 3.08. The zero-order chi connectivity index (χ0) is 11.5. The molecule has 0 amide bonds. The quantitative estimate of drug-likeness (QED) is 0.843. The number of anilines is 1. The molecule has 0 saturated heterocycles. The summed E-state index contributed by atoms with van der Waals surface area (Å²) < 4.78 is 37.7. The first-order chi connectivity index (χ1) is 6.91. The Labute approximate surface area is 86.5 Å². The molecule has 1 N–H and O–H groups in total. The van der Waals surface area contributed by atoms with Gasteiger partial charge in [-0.3, -0.25) is 4.98 Å². The van der Waals surface area contributed by atoms with Gasteiger partial charge in [0.1, 0.15) is 6.04 Å². The van der Waals surface area contributed by atoms with Crippen LogP contribution in [-0.2, 0) is 0 Å². The van der Waals surface area contributed by atoms with E-state index in [9.17, 15) is 13.2 Å². The van der Waals surface area contributed by atoms with Gasteiger partial charge in [0.25, 0.3) is 0 Å². The molecule has 0 saturated carbocycles. The zero-order valence-electron chi connectivity index (χ0n) is 8.55. The Kier molecular flexibility index (Phi) is 3.55. The van der Waals surface area contributed by atoms with Gasteiger partial charge in [0.15, 0.2) is 0 Å². The van der Waals surface area contributed by atoms with Crippen molar-refractivity contribution < 1.29 is 13.2 Å². The van der Waals surface area contributed by atoms with E-state index in [1.54, 1.807) is 12.1 Å². The van der Waals surface area contributed by atoms with Crippen LogP contribution in [0.1, 0.15) is 13.8 Å². The first-order valence-corrected chi connectivity index (χ1v) is 4.64. The number of nitrogens with one attached hydrogen (secondary N) is 1. The minimum atomic E-state index is -4.25. The summed E-state index contributed by atoms with van der Waals surface area (Å²) in [6.07, 6.45) is -1.35. The third kappa shape index (κ3) is 3.42. The van der Waals surface area contributed by atoms with Crippen LogP contribution in [0.3, 0.4) is 0 Å². The average Bonchev–Trinajstić information content (AvgIpc) is 2.13. The van der Waals surface area contributed by atoms with E-state index in [4.69, 9.17) is 0 Å². The lowest BCUT2D eigenvalue weighted by atomic mass is 10.0. The Morgan fingerprint density at radius 1 is 1.33 bits per heavy atom. The molecule has 2 nitrogen and oxygen atoms in total. The Hall–Kier alpha value is -1.26. The van der Waals surface area contributed by atoms with Gasteiger partial charge in [0.05, 0.1) is 5.69 Å². The van der Waals surface area contributed by atoms with Gasteiger partial charge < -0.3 is 5.32 Å². The number of hydrogen-bond donors (Lipinski definition) is 1. The van der Waals surface area contributed by atoms with Crippen molar-refractivity contribution >= 4 is 5.69 Å². The van der Waals surface area contributed by atoms with E-state index in [2.05, 4.69) is 10.3 Å². The van der Waals surface area contributed by atoms with E-state index in [-0.39, 0.29) is 0 Å². The minimum Gasteiger partial charge on any atom is -0.373 e. The van der Waals surface area contributed by atoms with E-state index in [1.165, 1.54) is 26.2 Å². The number of pyridine rings is 1. The predicted molar refractivity (Wildman–Crippen MR) is 52.5 cm³/mol. The second-order valence-electron chi connectivity index (χ2n) is 3.65. The van der Waals surface area contributed by atoms with Crippen LogP contribution in [0.25, 0.3) is 0 Å². The molecule has 1 aromatic heterocycles. The number of aromatic nitrogens is 1. The van der Waals surface area contributed by atoms with Crippen LogP contribution in [0.15, 0.2) is 24.5 Å².